The van der Waals surface area contributed by atoms with Crippen molar-refractivity contribution in [3.05, 3.63) is 87.9 Å². The fraction of sp³-hybridized carbons (Fsp3) is 0.290. The Morgan fingerprint density at radius 2 is 1.71 bits per heavy atom. The van der Waals surface area contributed by atoms with Crippen LogP contribution in [0, 0.1) is 11.8 Å². The maximum Gasteiger partial charge on any atom is 0.305 e. The van der Waals surface area contributed by atoms with E-state index in [0.717, 1.165) is 0 Å². The lowest BCUT2D eigenvalue weighted by Gasteiger charge is -2.53. The number of carbonyl (C=O) groups is 4. The van der Waals surface area contributed by atoms with Gasteiger partial charge >= 0.3 is 5.97 Å². The van der Waals surface area contributed by atoms with Gasteiger partial charge in [-0.15, -0.1) is 0 Å². The summed E-state index contributed by atoms with van der Waals surface area (Å²) >= 11 is 0. The van der Waals surface area contributed by atoms with Gasteiger partial charge in [0.1, 0.15) is 28.9 Å². The molecule has 0 unspecified atom stereocenters. The zero-order chi connectivity index (χ0) is 30.7. The molecule has 0 aromatic heterocycles. The number of nitrogens with two attached hydrogens (primary N) is 1. The first-order chi connectivity index (χ1) is 19.9. The Morgan fingerprint density at radius 1 is 1.05 bits per heavy atom. The lowest BCUT2D eigenvalue weighted by atomic mass is 9.56. The van der Waals surface area contributed by atoms with E-state index in [1.54, 1.807) is 42.5 Å². The smallest absolute Gasteiger partial charge is 0.305 e. The highest BCUT2D eigenvalue weighted by atomic mass is 16.5. The van der Waals surface area contributed by atoms with E-state index in [1.165, 1.54) is 38.1 Å². The van der Waals surface area contributed by atoms with Gasteiger partial charge in [0, 0.05) is 6.42 Å². The first-order valence-corrected chi connectivity index (χ1v) is 13.3. The minimum absolute atomic E-state index is 0.114. The Bertz CT molecular complexity index is 1620. The van der Waals surface area contributed by atoms with Crippen LogP contribution in [0.25, 0.3) is 11.6 Å². The molecule has 11 heteroatoms. The number of hydrogen-bond donors (Lipinski definition) is 5. The predicted octanol–water partition coefficient (Wildman–Crippen LogP) is 2.05. The van der Waals surface area contributed by atoms with Gasteiger partial charge in [0.05, 0.1) is 29.0 Å². The van der Waals surface area contributed by atoms with Crippen molar-refractivity contribution >= 4 is 35.1 Å². The third kappa shape index (κ3) is 4.04. The van der Waals surface area contributed by atoms with E-state index in [1.807, 2.05) is 0 Å². The summed E-state index contributed by atoms with van der Waals surface area (Å²) in [4.78, 5) is 54.5. The first-order valence-electron chi connectivity index (χ1n) is 13.3. The van der Waals surface area contributed by atoms with E-state index in [4.69, 9.17) is 10.5 Å². The Kier molecular flexibility index (Phi) is 7.04. The molecule has 0 bridgehead atoms. The number of carbonyl (C=O) groups excluding carboxylic acids is 4. The van der Waals surface area contributed by atoms with Crippen LogP contribution in [-0.2, 0) is 19.1 Å². The molecule has 11 nitrogen and oxygen atoms in total. The van der Waals surface area contributed by atoms with Gasteiger partial charge in [0.25, 0.3) is 5.91 Å². The average molecular weight is 575 g/mol. The highest BCUT2D eigenvalue weighted by Gasteiger charge is 2.68. The Morgan fingerprint density at radius 3 is 2.31 bits per heavy atom. The number of ketones is 2. The van der Waals surface area contributed by atoms with E-state index >= 15 is 0 Å². The van der Waals surface area contributed by atoms with Gasteiger partial charge in [0.15, 0.2) is 11.4 Å². The van der Waals surface area contributed by atoms with Crippen molar-refractivity contribution < 1.29 is 44.3 Å². The number of phenolic OH excluding ortho intramolecular Hbond substituents is 1. The number of likely N-dealkylation sites (N-methyl/N-ethyl adjacent to an activating group) is 1. The van der Waals surface area contributed by atoms with Gasteiger partial charge in [-0.2, -0.15) is 0 Å². The molecule has 3 aliphatic carbocycles. The van der Waals surface area contributed by atoms with Crippen LogP contribution >= 0.6 is 0 Å². The fourth-order valence-corrected chi connectivity index (χ4v) is 6.39. The fourth-order valence-electron chi connectivity index (χ4n) is 6.39. The molecule has 6 N–H and O–H groups in total. The average Bonchev–Trinajstić information content (AvgIpc) is 2.94. The molecule has 0 saturated heterocycles. The monoisotopic (exact) mass is 574 g/mol. The SMILES string of the molecule is CCC(=O)O[C@@H]1[C@@H]2[C@H](N(C)C)C(O)=C(C(N)=O)C(=O)[C@@]2(O)C(O)=C2C(=O)c3c(O)cccc3/C(=C\c3ccccc3)[C@@H]21. The molecule has 0 radical (unpaired) electrons. The van der Waals surface area contributed by atoms with E-state index in [2.05, 4.69) is 0 Å². The number of esters is 1. The Hall–Kier alpha value is -4.74. The number of rotatable bonds is 5. The van der Waals surface area contributed by atoms with E-state index < -0.39 is 81.4 Å². The highest BCUT2D eigenvalue weighted by Crippen LogP contribution is 2.56. The van der Waals surface area contributed by atoms with Crippen LogP contribution in [0.5, 0.6) is 5.75 Å². The van der Waals surface area contributed by atoms with Crippen LogP contribution in [0.4, 0.5) is 0 Å². The number of aromatic hydroxyl groups is 1. The van der Waals surface area contributed by atoms with Gasteiger partial charge in [0.2, 0.25) is 5.78 Å². The van der Waals surface area contributed by atoms with E-state index in [-0.39, 0.29) is 17.5 Å². The molecule has 5 rings (SSSR count). The summed E-state index contributed by atoms with van der Waals surface area (Å²) in [6.45, 7) is 1.53. The number of fused-ring (bicyclic) bond motifs is 3. The second kappa shape index (κ2) is 10.3. The van der Waals surface area contributed by atoms with Crippen LogP contribution in [0.2, 0.25) is 0 Å². The summed E-state index contributed by atoms with van der Waals surface area (Å²) in [5.74, 6) is -9.58. The summed E-state index contributed by atoms with van der Waals surface area (Å²) in [5.41, 5.74) is 2.08. The van der Waals surface area contributed by atoms with Crippen molar-refractivity contribution in [2.75, 3.05) is 14.1 Å². The van der Waals surface area contributed by atoms with Gasteiger partial charge in [-0.05, 0) is 36.9 Å². The number of phenols is 1. The molecule has 0 aliphatic heterocycles. The zero-order valence-corrected chi connectivity index (χ0v) is 23.1. The molecule has 42 heavy (non-hydrogen) atoms. The minimum Gasteiger partial charge on any atom is -0.510 e. The maximum absolute atomic E-state index is 14.1. The molecular weight excluding hydrogens is 544 g/mol. The van der Waals surface area contributed by atoms with E-state index in [0.29, 0.717) is 11.1 Å². The molecule has 3 aliphatic rings. The molecule has 0 saturated carbocycles. The zero-order valence-electron chi connectivity index (χ0n) is 23.1. The lowest BCUT2D eigenvalue weighted by molar-refractivity contribution is -0.177. The summed E-state index contributed by atoms with van der Waals surface area (Å²) in [6.07, 6.45) is 0.0625. The van der Waals surface area contributed by atoms with Crippen molar-refractivity contribution in [2.45, 2.75) is 31.1 Å². The molecule has 0 heterocycles. The predicted molar refractivity (Wildman–Crippen MR) is 150 cm³/mol. The first kappa shape index (κ1) is 28.8. The van der Waals surface area contributed by atoms with E-state index in [9.17, 15) is 39.6 Å². The number of nitrogens with zero attached hydrogens (tertiary/aromatic N) is 1. The topological polar surface area (TPSA) is 188 Å². The normalized spacial score (nSPS) is 28.0. The number of amides is 1. The van der Waals surface area contributed by atoms with Crippen molar-refractivity contribution in [3.8, 4) is 5.75 Å². The quantitative estimate of drug-likeness (QED) is 0.261. The highest BCUT2D eigenvalue weighted by molar-refractivity contribution is 6.26. The molecule has 1 amide bonds. The Labute approximate surface area is 240 Å². The van der Waals surface area contributed by atoms with Crippen LogP contribution in [-0.4, -0.2) is 80.6 Å². The van der Waals surface area contributed by atoms with Gasteiger partial charge in [-0.3, -0.25) is 24.1 Å². The van der Waals surface area contributed by atoms with Crippen LogP contribution < -0.4 is 5.73 Å². The number of aliphatic hydroxyl groups is 3. The van der Waals surface area contributed by atoms with Gasteiger partial charge in [-0.1, -0.05) is 55.5 Å². The molecule has 218 valence electrons. The van der Waals surface area contributed by atoms with Crippen LogP contribution in [0.1, 0.15) is 34.8 Å². The molecular formula is C31H30N2O9. The summed E-state index contributed by atoms with van der Waals surface area (Å²) < 4.78 is 5.90. The van der Waals surface area contributed by atoms with Gasteiger partial charge in [-0.25, -0.2) is 0 Å². The van der Waals surface area contributed by atoms with Crippen molar-refractivity contribution in [1.82, 2.24) is 4.90 Å². The Balaban J connectivity index is 1.93. The number of benzene rings is 2. The minimum atomic E-state index is -3.01. The summed E-state index contributed by atoms with van der Waals surface area (Å²) in [7, 11) is 2.98. The second-order valence-corrected chi connectivity index (χ2v) is 10.7. The van der Waals surface area contributed by atoms with Crippen LogP contribution in [0.15, 0.2) is 71.2 Å². The molecule has 2 aromatic carbocycles. The maximum atomic E-state index is 14.1. The molecule has 0 spiro atoms. The molecule has 2 aromatic rings. The molecule has 0 fully saturated rings. The number of aliphatic hydroxyl groups excluding tert-OH is 2. The largest absolute Gasteiger partial charge is 0.510 e. The third-order valence-electron chi connectivity index (χ3n) is 8.18. The summed E-state index contributed by atoms with van der Waals surface area (Å²) in [6, 6.07) is 12.0. The number of primary amides is 1. The number of ether oxygens (including phenoxy) is 1. The third-order valence-corrected chi connectivity index (χ3v) is 8.18. The number of hydrogen-bond acceptors (Lipinski definition) is 10. The van der Waals surface area contributed by atoms with Crippen molar-refractivity contribution in [1.29, 1.82) is 0 Å². The lowest BCUT2D eigenvalue weighted by Crippen LogP contribution is -2.68. The molecule has 5 atom stereocenters. The summed E-state index contributed by atoms with van der Waals surface area (Å²) in [5, 5.41) is 45.8. The standard InChI is InChI=1S/C31H30N2O9/c1-4-18(35)42-27-20-16(13-14-9-6-5-7-10-14)15-11-8-12-17(34)19(15)25(36)21(20)28(38)31(41)23(27)24(33(2)3)26(37)22(29(31)39)30(32)40/h5-13,20,23-24,27,34,37-38,41H,4H2,1-3H3,(H2,32,40)/b16-13+/t20-,23-,24-,27-,31-/m0/s1. The van der Waals surface area contributed by atoms with Crippen LogP contribution in [0.3, 0.4) is 0 Å². The number of Topliss-reactive ketones (excluding diaryl/α,β-unsaturated/α-hetero) is 2. The van der Waals surface area contributed by atoms with Gasteiger partial charge < -0.3 is 30.9 Å². The van der Waals surface area contributed by atoms with Crippen molar-refractivity contribution in [2.24, 2.45) is 17.6 Å². The second-order valence-electron chi connectivity index (χ2n) is 10.7. The van der Waals surface area contributed by atoms with Crippen molar-refractivity contribution in [3.63, 3.8) is 0 Å².